The molecule has 1 heterocycles. The van der Waals surface area contributed by atoms with Crippen LogP contribution in [0.2, 0.25) is 0 Å². The summed E-state index contributed by atoms with van der Waals surface area (Å²) < 4.78 is 0. The van der Waals surface area contributed by atoms with Crippen molar-refractivity contribution < 1.29 is 80.1 Å². The van der Waals surface area contributed by atoms with Crippen LogP contribution in [-0.4, -0.2) is 17.0 Å². The summed E-state index contributed by atoms with van der Waals surface area (Å²) >= 11 is 0. The molecule has 1 amide bonds. The number of carboxylic acids is 1. The molecule has 0 saturated heterocycles. The fraction of sp³-hybridized carbons (Fsp3) is 0.0714. The summed E-state index contributed by atoms with van der Waals surface area (Å²) in [5.74, 6) is -0.949. The number of nitrogen functional groups attached to an aromatic ring is 1. The summed E-state index contributed by atoms with van der Waals surface area (Å²) in [6.07, 6.45) is 1.31. The number of fused-ring (bicyclic) bond motifs is 2. The maximum Gasteiger partial charge on any atom is 0.335 e. The minimum Gasteiger partial charge on any atom is -0.478 e. The Labute approximate surface area is 255 Å². The molecule has 5 rings (SSSR count). The second kappa shape index (κ2) is 13.8. The van der Waals surface area contributed by atoms with Gasteiger partial charge in [0, 0.05) is 71.0 Å². The molecule has 1 aliphatic rings. The number of carbonyl (C=O) groups excluding carboxylic acids is 1. The largest absolute Gasteiger partial charge is 0.478 e. The summed E-state index contributed by atoms with van der Waals surface area (Å²) in [6, 6.07) is 31.5. The van der Waals surface area contributed by atoms with Crippen molar-refractivity contribution >= 4 is 23.3 Å². The Kier molecular flexibility index (Phi) is 11.5. The first-order valence-electron chi connectivity index (χ1n) is 10.5. The Bertz CT molecular complexity index is 1320. The van der Waals surface area contributed by atoms with Gasteiger partial charge < -0.3 is 16.2 Å². The minimum absolute atomic E-state index is 0. The molecule has 5 nitrogen and oxygen atoms in total. The molecule has 0 aliphatic carbocycles. The van der Waals surface area contributed by atoms with Crippen LogP contribution in [0.5, 0.6) is 0 Å². The van der Waals surface area contributed by atoms with E-state index in [0.29, 0.717) is 17.7 Å². The molecule has 0 bridgehead atoms. The number of rotatable bonds is 3. The zero-order valence-corrected chi connectivity index (χ0v) is 24.7. The third kappa shape index (κ3) is 7.41. The van der Waals surface area contributed by atoms with Gasteiger partial charge in [0.15, 0.2) is 0 Å². The molecule has 4 aromatic carbocycles. The number of aromatic carboxylic acids is 1. The van der Waals surface area contributed by atoms with E-state index in [-0.39, 0.29) is 71.3 Å². The number of carboxylic acid groups (broad SMARTS) is 1. The Morgan fingerprint density at radius 2 is 1.57 bits per heavy atom. The standard InChI is InChI=1S/C14H12NO2.C14H10NO.2Y/c15-13-8-4-2-6-11(13)9-10-5-1-3-7-12(10)14(16)17;16-14-12-7-3-1-5-10(12)9-11-6-2-4-8-13(11)15-14;;/h1-3,5-8H,9,15H2,(H,16,17);1-3,5-8H,9H2,(H,15,16);;/q2*-1;;. The second-order valence-corrected chi connectivity index (χ2v) is 7.64. The Morgan fingerprint density at radius 1 is 0.886 bits per heavy atom. The molecule has 0 spiro atoms. The minimum atomic E-state index is -0.915. The van der Waals surface area contributed by atoms with Gasteiger partial charge in [0.2, 0.25) is 5.91 Å². The van der Waals surface area contributed by atoms with Gasteiger partial charge in [-0.15, -0.1) is 11.1 Å². The van der Waals surface area contributed by atoms with Gasteiger partial charge in [-0.05, 0) is 36.1 Å². The van der Waals surface area contributed by atoms with Crippen molar-refractivity contribution in [3.63, 3.8) is 0 Å². The SMILES string of the molecule is Nc1c[c-]ccc1Cc1ccccc1C(=O)O.O=C1Nc2c[c-]ccc2Cc2ccccc21.[Y].[Y]. The Hall–Kier alpha value is -2.17. The van der Waals surface area contributed by atoms with Crippen LogP contribution in [0.4, 0.5) is 11.4 Å². The van der Waals surface area contributed by atoms with Crippen LogP contribution in [-0.2, 0) is 78.3 Å². The number of hydrogen-bond donors (Lipinski definition) is 3. The molecule has 0 atom stereocenters. The first-order valence-corrected chi connectivity index (χ1v) is 10.5. The molecule has 170 valence electrons. The van der Waals surface area contributed by atoms with Crippen LogP contribution in [0.1, 0.15) is 43.0 Å². The van der Waals surface area contributed by atoms with Gasteiger partial charge in [0.25, 0.3) is 0 Å². The first-order chi connectivity index (χ1) is 16.0. The van der Waals surface area contributed by atoms with E-state index in [1.807, 2.05) is 54.6 Å². The molecule has 0 unspecified atom stereocenters. The molecule has 0 fully saturated rings. The maximum atomic E-state index is 11.9. The van der Waals surface area contributed by atoms with Crippen LogP contribution in [0.25, 0.3) is 0 Å². The van der Waals surface area contributed by atoms with E-state index in [4.69, 9.17) is 10.8 Å². The van der Waals surface area contributed by atoms with Crippen molar-refractivity contribution in [2.75, 3.05) is 11.1 Å². The molecular weight excluding hydrogens is 590 g/mol. The number of nitrogens with one attached hydrogen (secondary N) is 1. The van der Waals surface area contributed by atoms with Crippen LogP contribution in [0.3, 0.4) is 0 Å². The topological polar surface area (TPSA) is 92.4 Å². The third-order valence-electron chi connectivity index (χ3n) is 5.46. The van der Waals surface area contributed by atoms with Crippen LogP contribution in [0.15, 0.2) is 84.9 Å². The van der Waals surface area contributed by atoms with Gasteiger partial charge in [-0.1, -0.05) is 47.8 Å². The Balaban J connectivity index is 0.000000234. The van der Waals surface area contributed by atoms with Gasteiger partial charge in [-0.25, -0.2) is 4.79 Å². The third-order valence-corrected chi connectivity index (χ3v) is 5.46. The van der Waals surface area contributed by atoms with Crippen molar-refractivity contribution in [1.82, 2.24) is 0 Å². The predicted molar refractivity (Wildman–Crippen MR) is 128 cm³/mol. The Morgan fingerprint density at radius 3 is 2.34 bits per heavy atom. The van der Waals surface area contributed by atoms with Gasteiger partial charge >= 0.3 is 5.97 Å². The summed E-state index contributed by atoms with van der Waals surface area (Å²) in [7, 11) is 0. The van der Waals surface area contributed by atoms with Crippen molar-refractivity contribution in [3.05, 3.63) is 130 Å². The van der Waals surface area contributed by atoms with Gasteiger partial charge in [0.05, 0.1) is 5.56 Å². The van der Waals surface area contributed by atoms with E-state index in [9.17, 15) is 9.59 Å². The zero-order valence-electron chi connectivity index (χ0n) is 19.0. The quantitative estimate of drug-likeness (QED) is 0.225. The summed E-state index contributed by atoms with van der Waals surface area (Å²) in [5.41, 5.74) is 12.3. The van der Waals surface area contributed by atoms with Gasteiger partial charge in [-0.2, -0.15) is 48.5 Å². The zero-order chi connectivity index (χ0) is 23.2. The normalized spacial score (nSPS) is 11.0. The van der Waals surface area contributed by atoms with Crippen molar-refractivity contribution in [1.29, 1.82) is 0 Å². The summed E-state index contributed by atoms with van der Waals surface area (Å²) in [6.45, 7) is 0. The molecule has 0 saturated carbocycles. The summed E-state index contributed by atoms with van der Waals surface area (Å²) in [5, 5.41) is 12.0. The number of anilines is 2. The molecule has 1 aliphatic heterocycles. The van der Waals surface area contributed by atoms with E-state index in [0.717, 1.165) is 39.9 Å². The van der Waals surface area contributed by atoms with E-state index >= 15 is 0 Å². The molecule has 7 heteroatoms. The monoisotopic (exact) mass is 612 g/mol. The second-order valence-electron chi connectivity index (χ2n) is 7.64. The fourth-order valence-corrected chi connectivity index (χ4v) is 3.75. The average molecular weight is 612 g/mol. The van der Waals surface area contributed by atoms with Gasteiger partial charge in [0.1, 0.15) is 0 Å². The number of carbonyl (C=O) groups is 2. The van der Waals surface area contributed by atoms with Crippen molar-refractivity contribution in [2.45, 2.75) is 12.8 Å². The maximum absolute atomic E-state index is 11.9. The molecular formula is C28H22N2O3Y2-2. The number of benzene rings is 4. The van der Waals surface area contributed by atoms with E-state index < -0.39 is 5.97 Å². The van der Waals surface area contributed by atoms with Crippen molar-refractivity contribution in [3.8, 4) is 0 Å². The van der Waals surface area contributed by atoms with Crippen LogP contribution < -0.4 is 11.1 Å². The molecule has 4 N–H and O–H groups in total. The molecule has 0 aromatic heterocycles. The predicted octanol–water partition coefficient (Wildman–Crippen LogP) is 5.00. The van der Waals surface area contributed by atoms with E-state index in [2.05, 4.69) is 17.4 Å². The summed E-state index contributed by atoms with van der Waals surface area (Å²) in [4.78, 5) is 23.0. The van der Waals surface area contributed by atoms with E-state index in [1.165, 1.54) is 0 Å². The number of amides is 1. The number of nitrogens with two attached hydrogens (primary N) is 1. The molecule has 35 heavy (non-hydrogen) atoms. The number of hydrogen-bond acceptors (Lipinski definition) is 3. The molecule has 4 aromatic rings. The van der Waals surface area contributed by atoms with Crippen LogP contribution >= 0.6 is 0 Å². The molecule has 2 radical (unpaired) electrons. The fourth-order valence-electron chi connectivity index (χ4n) is 3.75. The average Bonchev–Trinajstić information content (AvgIpc) is 2.97. The van der Waals surface area contributed by atoms with Crippen molar-refractivity contribution in [2.24, 2.45) is 0 Å². The smallest absolute Gasteiger partial charge is 0.335 e. The van der Waals surface area contributed by atoms with Crippen LogP contribution in [0, 0.1) is 12.1 Å². The first kappa shape index (κ1) is 29.1. The van der Waals surface area contributed by atoms with Gasteiger partial charge in [-0.3, -0.25) is 4.79 Å². The van der Waals surface area contributed by atoms with E-state index in [1.54, 1.807) is 30.3 Å².